The summed E-state index contributed by atoms with van der Waals surface area (Å²) in [6.07, 6.45) is 0. The summed E-state index contributed by atoms with van der Waals surface area (Å²) >= 11 is 10.5. The van der Waals surface area contributed by atoms with Crippen LogP contribution in [0.3, 0.4) is 0 Å². The van der Waals surface area contributed by atoms with Gasteiger partial charge in [-0.1, -0.05) is 28.1 Å². The van der Waals surface area contributed by atoms with E-state index < -0.39 is 0 Å². The largest absolute Gasteiger partial charge is 0.476 e. The van der Waals surface area contributed by atoms with Crippen molar-refractivity contribution in [1.82, 2.24) is 9.80 Å². The Balaban J connectivity index is 1.73. The molecule has 0 spiro atoms. The highest BCUT2D eigenvalue weighted by Gasteiger charge is 2.34. The van der Waals surface area contributed by atoms with Gasteiger partial charge in [-0.15, -0.1) is 0 Å². The standard InChI is InChI=1S/C21H20Br3FN2O2/c1-13-9-26(12-29-21-18(23)7-16(22)8-19(21)24)14(2)20(11-28)27(13)10-15-3-5-17(25)6-4-15/h3-8,13-14H,9-10,12H2,1-2H3/t13-,14+/m0/s1. The summed E-state index contributed by atoms with van der Waals surface area (Å²) in [6, 6.07) is 10.1. The first-order valence-electron chi connectivity index (χ1n) is 9.07. The van der Waals surface area contributed by atoms with Crippen molar-refractivity contribution in [2.24, 2.45) is 0 Å². The van der Waals surface area contributed by atoms with Crippen molar-refractivity contribution in [3.05, 3.63) is 66.9 Å². The maximum atomic E-state index is 13.2. The van der Waals surface area contributed by atoms with Crippen LogP contribution in [0.1, 0.15) is 19.4 Å². The van der Waals surface area contributed by atoms with Crippen LogP contribution >= 0.6 is 47.8 Å². The van der Waals surface area contributed by atoms with E-state index in [1.54, 1.807) is 12.1 Å². The number of hydrogen-bond acceptors (Lipinski definition) is 4. The zero-order valence-electron chi connectivity index (χ0n) is 16.0. The van der Waals surface area contributed by atoms with E-state index in [9.17, 15) is 9.18 Å². The highest BCUT2D eigenvalue weighted by Crippen LogP contribution is 2.37. The molecule has 1 saturated heterocycles. The number of piperazine rings is 1. The fourth-order valence-corrected chi connectivity index (χ4v) is 5.88. The second kappa shape index (κ2) is 9.75. The summed E-state index contributed by atoms with van der Waals surface area (Å²) in [5, 5.41) is 0. The number of nitrogens with zero attached hydrogens (tertiary/aromatic N) is 2. The molecule has 29 heavy (non-hydrogen) atoms. The average Bonchev–Trinajstić information content (AvgIpc) is 2.66. The summed E-state index contributed by atoms with van der Waals surface area (Å²) in [4.78, 5) is 15.9. The van der Waals surface area contributed by atoms with Gasteiger partial charge in [0.2, 0.25) is 0 Å². The first kappa shape index (κ1) is 22.5. The molecule has 1 aliphatic heterocycles. The number of halogens is 4. The lowest BCUT2D eigenvalue weighted by molar-refractivity contribution is 0.0280. The van der Waals surface area contributed by atoms with E-state index in [-0.39, 0.29) is 17.9 Å². The summed E-state index contributed by atoms with van der Waals surface area (Å²) in [7, 11) is 0. The molecular weight excluding hydrogens is 571 g/mol. The molecule has 0 aliphatic carbocycles. The van der Waals surface area contributed by atoms with Gasteiger partial charge in [-0.2, -0.15) is 0 Å². The van der Waals surface area contributed by atoms with Crippen LogP contribution in [0.15, 0.2) is 55.5 Å². The highest BCUT2D eigenvalue weighted by molar-refractivity contribution is 9.11. The quantitative estimate of drug-likeness (QED) is 0.415. The molecule has 0 radical (unpaired) electrons. The van der Waals surface area contributed by atoms with E-state index in [0.717, 1.165) is 25.5 Å². The van der Waals surface area contributed by atoms with E-state index in [0.29, 0.717) is 24.7 Å². The van der Waals surface area contributed by atoms with Crippen molar-refractivity contribution in [2.45, 2.75) is 32.5 Å². The van der Waals surface area contributed by atoms with Gasteiger partial charge in [0.05, 0.1) is 15.0 Å². The minimum Gasteiger partial charge on any atom is -0.476 e. The van der Waals surface area contributed by atoms with Gasteiger partial charge < -0.3 is 9.64 Å². The van der Waals surface area contributed by atoms with Crippen LogP contribution in [0, 0.1) is 5.82 Å². The molecule has 1 heterocycles. The fourth-order valence-electron chi connectivity index (χ4n) is 3.40. The SMILES string of the molecule is C[C@@H]1C(=C=O)N(Cc2ccc(F)cc2)[C@@H](C)CN1COc1c(Br)cc(Br)cc1Br. The molecule has 3 rings (SSSR count). The van der Waals surface area contributed by atoms with Crippen molar-refractivity contribution in [2.75, 3.05) is 13.3 Å². The molecule has 0 N–H and O–H groups in total. The summed E-state index contributed by atoms with van der Waals surface area (Å²) in [5.41, 5.74) is 1.52. The minimum atomic E-state index is -0.270. The molecule has 0 saturated carbocycles. The van der Waals surface area contributed by atoms with Gasteiger partial charge in [0.25, 0.3) is 0 Å². The second-order valence-corrected chi connectivity index (χ2v) is 9.63. The second-order valence-electron chi connectivity index (χ2n) is 7.01. The number of ether oxygens (including phenoxy) is 1. The Kier molecular flexibility index (Phi) is 7.57. The molecule has 0 unspecified atom stereocenters. The number of hydrogen-bond donors (Lipinski definition) is 0. The van der Waals surface area contributed by atoms with E-state index >= 15 is 0 Å². The van der Waals surface area contributed by atoms with Gasteiger partial charge in [-0.05, 0) is 75.5 Å². The van der Waals surface area contributed by atoms with E-state index in [2.05, 4.69) is 65.6 Å². The number of benzene rings is 2. The van der Waals surface area contributed by atoms with Crippen molar-refractivity contribution < 1.29 is 13.9 Å². The molecule has 8 heteroatoms. The van der Waals surface area contributed by atoms with Crippen LogP contribution in [0.5, 0.6) is 5.75 Å². The van der Waals surface area contributed by atoms with Crippen LogP contribution in [0.4, 0.5) is 4.39 Å². The summed E-state index contributed by atoms with van der Waals surface area (Å²) in [6.45, 7) is 5.62. The number of rotatable bonds is 5. The molecule has 154 valence electrons. The van der Waals surface area contributed by atoms with Crippen LogP contribution in [0.2, 0.25) is 0 Å². The highest BCUT2D eigenvalue weighted by atomic mass is 79.9. The first-order valence-corrected chi connectivity index (χ1v) is 11.5. The van der Waals surface area contributed by atoms with E-state index in [4.69, 9.17) is 4.74 Å². The van der Waals surface area contributed by atoms with Crippen LogP contribution in [0.25, 0.3) is 0 Å². The summed E-state index contributed by atoms with van der Waals surface area (Å²) < 4.78 is 21.8. The smallest absolute Gasteiger partial charge is 0.149 e. The first-order chi connectivity index (χ1) is 13.8. The van der Waals surface area contributed by atoms with Crippen molar-refractivity contribution >= 4 is 53.7 Å². The molecule has 4 nitrogen and oxygen atoms in total. The zero-order valence-corrected chi connectivity index (χ0v) is 20.7. The molecule has 2 atom stereocenters. The maximum absolute atomic E-state index is 13.2. The van der Waals surface area contributed by atoms with Gasteiger partial charge in [-0.25, -0.2) is 9.18 Å². The molecule has 0 aromatic heterocycles. The van der Waals surface area contributed by atoms with Crippen LogP contribution in [-0.2, 0) is 11.3 Å². The van der Waals surface area contributed by atoms with Crippen LogP contribution in [-0.4, -0.2) is 41.1 Å². The third kappa shape index (κ3) is 5.30. The normalized spacial score (nSPS) is 19.9. The molecule has 2 aromatic carbocycles. The Morgan fingerprint density at radius 1 is 1.14 bits per heavy atom. The lowest BCUT2D eigenvalue weighted by Gasteiger charge is -2.45. The summed E-state index contributed by atoms with van der Waals surface area (Å²) in [5.74, 6) is 2.56. The molecule has 2 aromatic rings. The molecular formula is C21H20Br3FN2O2. The minimum absolute atomic E-state index is 0.0769. The van der Waals surface area contributed by atoms with Gasteiger partial charge in [-0.3, -0.25) is 4.90 Å². The third-order valence-electron chi connectivity index (χ3n) is 4.99. The monoisotopic (exact) mass is 588 g/mol. The number of carbonyl (C=O) groups excluding carboxylic acids is 1. The Labute approximate surface area is 195 Å². The molecule has 0 bridgehead atoms. The van der Waals surface area contributed by atoms with Crippen LogP contribution < -0.4 is 4.74 Å². The van der Waals surface area contributed by atoms with Gasteiger partial charge in [0.15, 0.2) is 0 Å². The predicted octanol–water partition coefficient (Wildman–Crippen LogP) is 5.76. The maximum Gasteiger partial charge on any atom is 0.149 e. The Morgan fingerprint density at radius 3 is 2.34 bits per heavy atom. The average molecular weight is 591 g/mol. The topological polar surface area (TPSA) is 32.8 Å². The third-order valence-corrected chi connectivity index (χ3v) is 6.63. The van der Waals surface area contributed by atoms with Crippen molar-refractivity contribution in [1.29, 1.82) is 0 Å². The van der Waals surface area contributed by atoms with Gasteiger partial charge in [0, 0.05) is 23.6 Å². The Morgan fingerprint density at radius 2 is 1.76 bits per heavy atom. The lowest BCUT2D eigenvalue weighted by atomic mass is 10.0. The zero-order chi connectivity index (χ0) is 21.1. The van der Waals surface area contributed by atoms with Gasteiger partial charge in [0.1, 0.15) is 29.9 Å². The predicted molar refractivity (Wildman–Crippen MR) is 122 cm³/mol. The Bertz CT molecular complexity index is 909. The molecule has 0 amide bonds. The fraction of sp³-hybridized carbons (Fsp3) is 0.333. The molecule has 1 fully saturated rings. The van der Waals surface area contributed by atoms with E-state index in [1.807, 2.05) is 24.0 Å². The van der Waals surface area contributed by atoms with Crippen molar-refractivity contribution in [3.8, 4) is 5.75 Å². The van der Waals surface area contributed by atoms with Gasteiger partial charge >= 0.3 is 0 Å². The van der Waals surface area contributed by atoms with E-state index in [1.165, 1.54) is 12.1 Å². The lowest BCUT2D eigenvalue weighted by Crippen LogP contribution is -2.55. The van der Waals surface area contributed by atoms with Crippen molar-refractivity contribution in [3.63, 3.8) is 0 Å². The molecule has 1 aliphatic rings. The Hall–Kier alpha value is -1.18.